The number of hydrogen-bond donors (Lipinski definition) is 0. The lowest BCUT2D eigenvalue weighted by Crippen LogP contribution is -2.25. The number of aryl methyl sites for hydroxylation is 1. The van der Waals surface area contributed by atoms with Crippen LogP contribution in [0.2, 0.25) is 0 Å². The average Bonchev–Trinajstić information content (AvgIpc) is 3.35. The van der Waals surface area contributed by atoms with Crippen LogP contribution in [0.5, 0.6) is 11.5 Å². The van der Waals surface area contributed by atoms with Crippen LogP contribution in [0.4, 0.5) is 4.39 Å². The van der Waals surface area contributed by atoms with Crippen LogP contribution < -0.4 is 9.47 Å². The lowest BCUT2D eigenvalue weighted by atomic mass is 9.85. The van der Waals surface area contributed by atoms with Gasteiger partial charge in [0, 0.05) is 6.07 Å². The summed E-state index contributed by atoms with van der Waals surface area (Å²) in [4.78, 5) is 0. The molecule has 0 saturated carbocycles. The average molecular weight is 561 g/mol. The van der Waals surface area contributed by atoms with Gasteiger partial charge in [-0.1, -0.05) is 59.2 Å². The van der Waals surface area contributed by atoms with Gasteiger partial charge < -0.3 is 28.4 Å². The van der Waals surface area contributed by atoms with Crippen molar-refractivity contribution in [2.45, 2.75) is 111 Å². The maximum atomic E-state index is 13.6. The Bertz CT molecular complexity index is 1130. The molecule has 0 amide bonds. The van der Waals surface area contributed by atoms with Crippen molar-refractivity contribution in [3.05, 3.63) is 58.9 Å². The van der Waals surface area contributed by atoms with Gasteiger partial charge in [0.05, 0.1) is 13.2 Å². The van der Waals surface area contributed by atoms with Crippen LogP contribution in [0, 0.1) is 12.7 Å². The molecule has 2 aromatic rings. The van der Waals surface area contributed by atoms with Crippen molar-refractivity contribution in [3.8, 4) is 11.5 Å². The number of hydrogen-bond acceptors (Lipinski definition) is 6. The minimum atomic E-state index is -0.563. The first-order valence-electron chi connectivity index (χ1n) is 14.1. The van der Waals surface area contributed by atoms with E-state index in [1.165, 1.54) is 17.2 Å². The SMILES string of the molecule is CC1(C)OCC(COc2cc(F)cc(C(C)(C)C)c2)O1.Cc1ccc(OCC2COC(C)(C)O2)c(C(C)(C)C)c1. The number of rotatable bonds is 6. The van der Waals surface area contributed by atoms with Gasteiger partial charge in [0.25, 0.3) is 0 Å². The van der Waals surface area contributed by atoms with E-state index in [0.717, 1.165) is 11.3 Å². The zero-order valence-electron chi connectivity index (χ0n) is 26.3. The van der Waals surface area contributed by atoms with Crippen LogP contribution in [0.25, 0.3) is 0 Å². The van der Waals surface area contributed by atoms with Gasteiger partial charge in [0.2, 0.25) is 0 Å². The van der Waals surface area contributed by atoms with E-state index in [1.807, 2.05) is 54.5 Å². The Morgan fingerprint density at radius 3 is 1.80 bits per heavy atom. The Morgan fingerprint density at radius 1 is 0.775 bits per heavy atom. The van der Waals surface area contributed by atoms with Gasteiger partial charge in [-0.05, 0) is 74.8 Å². The number of benzene rings is 2. The summed E-state index contributed by atoms with van der Waals surface area (Å²) in [5.41, 5.74) is 3.35. The molecule has 224 valence electrons. The predicted molar refractivity (Wildman–Crippen MR) is 156 cm³/mol. The summed E-state index contributed by atoms with van der Waals surface area (Å²) in [5, 5.41) is 0. The maximum absolute atomic E-state index is 13.6. The summed E-state index contributed by atoms with van der Waals surface area (Å²) in [6.07, 6.45) is -0.120. The largest absolute Gasteiger partial charge is 0.491 e. The van der Waals surface area contributed by atoms with E-state index >= 15 is 0 Å². The Balaban J connectivity index is 0.000000220. The molecular weight excluding hydrogens is 511 g/mol. The highest BCUT2D eigenvalue weighted by Crippen LogP contribution is 2.33. The Morgan fingerprint density at radius 2 is 1.32 bits per heavy atom. The van der Waals surface area contributed by atoms with E-state index in [4.69, 9.17) is 28.4 Å². The Labute approximate surface area is 240 Å². The fraction of sp³-hybridized carbons (Fsp3) is 0.636. The van der Waals surface area contributed by atoms with E-state index in [1.54, 1.807) is 6.07 Å². The molecule has 0 radical (unpaired) electrons. The molecule has 6 nitrogen and oxygen atoms in total. The smallest absolute Gasteiger partial charge is 0.163 e. The van der Waals surface area contributed by atoms with E-state index in [2.05, 4.69) is 45.9 Å². The number of ether oxygens (including phenoxy) is 6. The zero-order valence-corrected chi connectivity index (χ0v) is 26.3. The molecule has 2 aliphatic rings. The summed E-state index contributed by atoms with van der Waals surface area (Å²) in [6, 6.07) is 11.2. The minimum Gasteiger partial charge on any atom is -0.491 e. The second kappa shape index (κ2) is 12.4. The summed E-state index contributed by atoms with van der Waals surface area (Å²) < 4.78 is 47.7. The highest BCUT2D eigenvalue weighted by Gasteiger charge is 2.34. The van der Waals surface area contributed by atoms with Crippen molar-refractivity contribution >= 4 is 0 Å². The first-order valence-corrected chi connectivity index (χ1v) is 14.1. The fourth-order valence-electron chi connectivity index (χ4n) is 4.50. The van der Waals surface area contributed by atoms with Crippen molar-refractivity contribution < 1.29 is 32.8 Å². The molecule has 2 unspecified atom stereocenters. The van der Waals surface area contributed by atoms with E-state index < -0.39 is 11.6 Å². The lowest BCUT2D eigenvalue weighted by molar-refractivity contribution is -0.141. The molecule has 4 rings (SSSR count). The molecule has 2 heterocycles. The van der Waals surface area contributed by atoms with Gasteiger partial charge in [0.15, 0.2) is 11.6 Å². The molecule has 7 heteroatoms. The van der Waals surface area contributed by atoms with E-state index in [9.17, 15) is 4.39 Å². The third-order valence-corrected chi connectivity index (χ3v) is 6.68. The maximum Gasteiger partial charge on any atom is 0.163 e. The number of halogens is 1. The Kier molecular flexibility index (Phi) is 9.99. The second-order valence-corrected chi connectivity index (χ2v) is 13.7. The molecule has 2 aromatic carbocycles. The van der Waals surface area contributed by atoms with Crippen molar-refractivity contribution in [1.29, 1.82) is 0 Å². The molecule has 2 aliphatic heterocycles. The lowest BCUT2D eigenvalue weighted by Gasteiger charge is -2.24. The van der Waals surface area contributed by atoms with Crippen LogP contribution in [0.1, 0.15) is 85.9 Å². The van der Waals surface area contributed by atoms with E-state index in [-0.39, 0.29) is 28.9 Å². The third kappa shape index (κ3) is 9.72. The zero-order chi connectivity index (χ0) is 29.9. The van der Waals surface area contributed by atoms with Crippen LogP contribution in [-0.2, 0) is 29.8 Å². The normalized spacial score (nSPS) is 22.0. The quantitative estimate of drug-likeness (QED) is 0.365. The van der Waals surface area contributed by atoms with Crippen molar-refractivity contribution in [2.75, 3.05) is 26.4 Å². The van der Waals surface area contributed by atoms with Crippen LogP contribution in [0.15, 0.2) is 36.4 Å². The van der Waals surface area contributed by atoms with Crippen molar-refractivity contribution in [3.63, 3.8) is 0 Å². The predicted octanol–water partition coefficient (Wildman–Crippen LogP) is 7.48. The van der Waals surface area contributed by atoms with E-state index in [0.29, 0.717) is 32.2 Å². The molecule has 2 fully saturated rings. The fourth-order valence-corrected chi connectivity index (χ4v) is 4.50. The molecular formula is C33H49FO6. The summed E-state index contributed by atoms with van der Waals surface area (Å²) in [5.74, 6) is 0.136. The van der Waals surface area contributed by atoms with Crippen molar-refractivity contribution in [2.24, 2.45) is 0 Å². The molecule has 0 N–H and O–H groups in total. The topological polar surface area (TPSA) is 55.4 Å². The Hall–Kier alpha value is -2.19. The van der Waals surface area contributed by atoms with Gasteiger partial charge in [0.1, 0.15) is 42.7 Å². The van der Waals surface area contributed by atoms with Gasteiger partial charge >= 0.3 is 0 Å². The third-order valence-electron chi connectivity index (χ3n) is 6.68. The highest BCUT2D eigenvalue weighted by atomic mass is 19.1. The monoisotopic (exact) mass is 560 g/mol. The van der Waals surface area contributed by atoms with Crippen molar-refractivity contribution in [1.82, 2.24) is 0 Å². The van der Waals surface area contributed by atoms with Gasteiger partial charge in [-0.15, -0.1) is 0 Å². The van der Waals surface area contributed by atoms with Crippen LogP contribution in [0.3, 0.4) is 0 Å². The highest BCUT2D eigenvalue weighted by molar-refractivity contribution is 5.41. The van der Waals surface area contributed by atoms with Gasteiger partial charge in [-0.25, -0.2) is 4.39 Å². The minimum absolute atomic E-state index is 0.000813. The molecule has 0 bridgehead atoms. The molecule has 0 aliphatic carbocycles. The van der Waals surface area contributed by atoms with Crippen LogP contribution in [-0.4, -0.2) is 50.2 Å². The first kappa shape index (κ1) is 32.3. The summed E-state index contributed by atoms with van der Waals surface area (Å²) in [6.45, 7) is 24.4. The van der Waals surface area contributed by atoms with Gasteiger partial charge in [-0.3, -0.25) is 0 Å². The molecule has 0 spiro atoms. The van der Waals surface area contributed by atoms with Gasteiger partial charge in [-0.2, -0.15) is 0 Å². The first-order chi connectivity index (χ1) is 18.3. The summed E-state index contributed by atoms with van der Waals surface area (Å²) >= 11 is 0. The molecule has 2 saturated heterocycles. The standard InChI is InChI=1S/C17H26O3.C16H23FO3/c1-12-7-8-15(14(9-12)16(2,3)4)18-10-13-11-19-17(5,6)20-13;1-15(2,3)11-6-12(17)8-13(7-11)18-9-14-10-19-16(4,5)20-14/h7-9,13H,10-11H2,1-6H3;6-8,14H,9-10H2,1-5H3. The molecule has 2 atom stereocenters. The second-order valence-electron chi connectivity index (χ2n) is 13.7. The molecule has 40 heavy (non-hydrogen) atoms. The summed E-state index contributed by atoms with van der Waals surface area (Å²) in [7, 11) is 0. The molecule has 0 aromatic heterocycles. The van der Waals surface area contributed by atoms with Crippen LogP contribution >= 0.6 is 0 Å².